The van der Waals surface area contributed by atoms with Crippen LogP contribution in [0.5, 0.6) is 0 Å². The van der Waals surface area contributed by atoms with Crippen LogP contribution in [0.3, 0.4) is 0 Å². The van der Waals surface area contributed by atoms with E-state index in [1.165, 1.54) is 0 Å². The lowest BCUT2D eigenvalue weighted by Gasteiger charge is -2.35. The lowest BCUT2D eigenvalue weighted by atomic mass is 9.91. The number of carbonyl (C=O) groups is 1. The summed E-state index contributed by atoms with van der Waals surface area (Å²) in [6.45, 7) is 2.42. The van der Waals surface area contributed by atoms with Crippen molar-refractivity contribution in [2.24, 2.45) is 0 Å². The summed E-state index contributed by atoms with van der Waals surface area (Å²) in [4.78, 5) is 15.1. The maximum atomic E-state index is 13.3. The van der Waals surface area contributed by atoms with Crippen molar-refractivity contribution >= 4 is 5.91 Å². The Balaban J connectivity index is 1.45. The van der Waals surface area contributed by atoms with E-state index in [-0.39, 0.29) is 11.9 Å². The molecule has 0 saturated heterocycles. The van der Waals surface area contributed by atoms with Gasteiger partial charge in [-0.1, -0.05) is 25.0 Å². The summed E-state index contributed by atoms with van der Waals surface area (Å²) in [5.74, 6) is -0.0196. The molecule has 1 amide bonds. The lowest BCUT2D eigenvalue weighted by Crippen LogP contribution is -2.45. The van der Waals surface area contributed by atoms with E-state index < -0.39 is 6.10 Å². The number of nitriles is 1. The van der Waals surface area contributed by atoms with Crippen LogP contribution in [0, 0.1) is 18.3 Å². The van der Waals surface area contributed by atoms with Crippen molar-refractivity contribution in [3.05, 3.63) is 82.2 Å². The Kier molecular flexibility index (Phi) is 5.28. The molecule has 1 aliphatic heterocycles. The Morgan fingerprint density at radius 2 is 2.00 bits per heavy atom. The minimum atomic E-state index is -0.467. The third-order valence-electron chi connectivity index (χ3n) is 6.92. The van der Waals surface area contributed by atoms with Gasteiger partial charge in [-0.3, -0.25) is 4.79 Å². The standard InChI is InChI=1S/C26H26N4O2/c1-17-22(15-27)19(13-18-7-9-20(10-8-18)30-12-4-11-28-30)14-21-23(17)16-29(26(21)32)24-5-2-3-6-25(24)31/h4,7-12,14,24-25,31H,2-3,5-6,13,16H2,1H3/t24-,25-/m0/s1. The molecule has 0 bridgehead atoms. The van der Waals surface area contributed by atoms with Gasteiger partial charge in [-0.25, -0.2) is 4.68 Å². The molecule has 162 valence electrons. The van der Waals surface area contributed by atoms with Gasteiger partial charge in [0, 0.05) is 24.5 Å². The number of benzene rings is 2. The summed E-state index contributed by atoms with van der Waals surface area (Å²) in [6, 6.07) is 14.1. The molecule has 6 nitrogen and oxygen atoms in total. The van der Waals surface area contributed by atoms with Gasteiger partial charge in [-0.05, 0) is 72.7 Å². The molecular formula is C26H26N4O2. The van der Waals surface area contributed by atoms with Crippen LogP contribution in [0.25, 0.3) is 5.69 Å². The Hall–Kier alpha value is -3.43. The molecule has 1 aromatic heterocycles. The third-order valence-corrected chi connectivity index (χ3v) is 6.92. The number of hydrogen-bond donors (Lipinski definition) is 1. The molecule has 0 spiro atoms. The molecule has 5 rings (SSSR count). The van der Waals surface area contributed by atoms with Crippen molar-refractivity contribution in [2.45, 2.75) is 57.7 Å². The van der Waals surface area contributed by atoms with Crippen LogP contribution in [0.1, 0.15) is 63.9 Å². The van der Waals surface area contributed by atoms with Crippen LogP contribution < -0.4 is 0 Å². The van der Waals surface area contributed by atoms with E-state index >= 15 is 0 Å². The van der Waals surface area contributed by atoms with E-state index in [0.717, 1.165) is 53.6 Å². The molecule has 1 aliphatic carbocycles. The molecular weight excluding hydrogens is 400 g/mol. The van der Waals surface area contributed by atoms with Crippen molar-refractivity contribution in [3.8, 4) is 11.8 Å². The fourth-order valence-corrected chi connectivity index (χ4v) is 5.14. The van der Waals surface area contributed by atoms with Gasteiger partial charge in [0.1, 0.15) is 0 Å². The number of aromatic nitrogens is 2. The maximum absolute atomic E-state index is 13.3. The summed E-state index contributed by atoms with van der Waals surface area (Å²) < 4.78 is 1.80. The largest absolute Gasteiger partial charge is 0.391 e. The fraction of sp³-hybridized carbons (Fsp3) is 0.346. The zero-order valence-electron chi connectivity index (χ0n) is 18.2. The van der Waals surface area contributed by atoms with Gasteiger partial charge < -0.3 is 10.0 Å². The highest BCUT2D eigenvalue weighted by Crippen LogP contribution is 2.35. The van der Waals surface area contributed by atoms with Crippen LogP contribution >= 0.6 is 0 Å². The Morgan fingerprint density at radius 1 is 1.22 bits per heavy atom. The van der Waals surface area contributed by atoms with E-state index in [4.69, 9.17) is 0 Å². The van der Waals surface area contributed by atoms with E-state index in [1.54, 1.807) is 10.9 Å². The zero-order chi connectivity index (χ0) is 22.2. The molecule has 6 heteroatoms. The minimum absolute atomic E-state index is 0.0196. The summed E-state index contributed by atoms with van der Waals surface area (Å²) in [5.41, 5.74) is 6.07. The first-order valence-electron chi connectivity index (χ1n) is 11.2. The van der Waals surface area contributed by atoms with Crippen molar-refractivity contribution in [2.75, 3.05) is 0 Å². The molecule has 3 aromatic rings. The molecule has 0 unspecified atom stereocenters. The molecule has 32 heavy (non-hydrogen) atoms. The summed E-state index contributed by atoms with van der Waals surface area (Å²) in [6.07, 6.45) is 7.37. The number of aliphatic hydroxyl groups excluding tert-OH is 1. The lowest BCUT2D eigenvalue weighted by molar-refractivity contribution is 0.0191. The number of hydrogen-bond acceptors (Lipinski definition) is 4. The Labute approximate surface area is 187 Å². The van der Waals surface area contributed by atoms with Crippen molar-refractivity contribution < 1.29 is 9.90 Å². The van der Waals surface area contributed by atoms with E-state index in [2.05, 4.69) is 11.2 Å². The molecule has 2 atom stereocenters. The molecule has 2 aromatic carbocycles. The van der Waals surface area contributed by atoms with Gasteiger partial charge in [0.2, 0.25) is 0 Å². The van der Waals surface area contributed by atoms with Crippen LogP contribution in [0.15, 0.2) is 48.8 Å². The van der Waals surface area contributed by atoms with Crippen molar-refractivity contribution in [3.63, 3.8) is 0 Å². The number of rotatable bonds is 4. The van der Waals surface area contributed by atoms with Crippen LogP contribution in [0.4, 0.5) is 0 Å². The number of carbonyl (C=O) groups excluding carboxylic acids is 1. The molecule has 2 heterocycles. The van der Waals surface area contributed by atoms with E-state index in [0.29, 0.717) is 24.1 Å². The second-order valence-corrected chi connectivity index (χ2v) is 8.82. The van der Waals surface area contributed by atoms with Gasteiger partial charge in [0.05, 0.1) is 29.5 Å². The number of amides is 1. The highest BCUT2D eigenvalue weighted by molar-refractivity contribution is 5.99. The average molecular weight is 427 g/mol. The smallest absolute Gasteiger partial charge is 0.254 e. The Bertz CT molecular complexity index is 1190. The van der Waals surface area contributed by atoms with Gasteiger partial charge in [0.15, 0.2) is 0 Å². The number of fused-ring (bicyclic) bond motifs is 1. The van der Waals surface area contributed by atoms with Crippen LogP contribution in [-0.4, -0.2) is 37.8 Å². The van der Waals surface area contributed by atoms with Crippen molar-refractivity contribution in [1.82, 2.24) is 14.7 Å². The van der Waals surface area contributed by atoms with Crippen LogP contribution in [0.2, 0.25) is 0 Å². The van der Waals surface area contributed by atoms with E-state index in [1.807, 2.05) is 54.4 Å². The zero-order valence-corrected chi connectivity index (χ0v) is 18.2. The molecule has 1 saturated carbocycles. The summed E-state index contributed by atoms with van der Waals surface area (Å²) in [7, 11) is 0. The quantitative estimate of drug-likeness (QED) is 0.686. The normalized spacial score (nSPS) is 20.3. The van der Waals surface area contributed by atoms with Crippen molar-refractivity contribution in [1.29, 1.82) is 5.26 Å². The summed E-state index contributed by atoms with van der Waals surface area (Å²) >= 11 is 0. The molecule has 1 fully saturated rings. The van der Waals surface area contributed by atoms with Gasteiger partial charge >= 0.3 is 0 Å². The predicted octanol–water partition coefficient (Wildman–Crippen LogP) is 3.90. The minimum Gasteiger partial charge on any atom is -0.391 e. The number of aliphatic hydroxyl groups is 1. The van der Waals surface area contributed by atoms with Crippen LogP contribution in [-0.2, 0) is 13.0 Å². The van der Waals surface area contributed by atoms with Gasteiger partial charge in [-0.2, -0.15) is 10.4 Å². The van der Waals surface area contributed by atoms with Gasteiger partial charge in [0.25, 0.3) is 5.91 Å². The first kappa shape index (κ1) is 20.5. The molecule has 2 aliphatic rings. The molecule has 0 radical (unpaired) electrons. The second kappa shape index (κ2) is 8.25. The molecule has 1 N–H and O–H groups in total. The number of nitrogens with zero attached hydrogens (tertiary/aromatic N) is 4. The summed E-state index contributed by atoms with van der Waals surface area (Å²) in [5, 5.41) is 24.6. The fourth-order valence-electron chi connectivity index (χ4n) is 5.14. The third kappa shape index (κ3) is 3.49. The van der Waals surface area contributed by atoms with E-state index in [9.17, 15) is 15.2 Å². The predicted molar refractivity (Wildman–Crippen MR) is 120 cm³/mol. The maximum Gasteiger partial charge on any atom is 0.254 e. The highest BCUT2D eigenvalue weighted by atomic mass is 16.3. The first-order valence-corrected chi connectivity index (χ1v) is 11.2. The topological polar surface area (TPSA) is 82.2 Å². The average Bonchev–Trinajstić information content (AvgIpc) is 3.44. The second-order valence-electron chi connectivity index (χ2n) is 8.82. The van der Waals surface area contributed by atoms with Gasteiger partial charge in [-0.15, -0.1) is 0 Å². The first-order chi connectivity index (χ1) is 15.6. The highest BCUT2D eigenvalue weighted by Gasteiger charge is 2.38. The monoisotopic (exact) mass is 426 g/mol. The Morgan fingerprint density at radius 3 is 2.69 bits per heavy atom. The SMILES string of the molecule is Cc1c(C#N)c(Cc2ccc(-n3cccn3)cc2)cc2c1CN([C@H]1CCCC[C@@H]1O)C2=O.